The molecule has 0 saturated carbocycles. The zero-order valence-electron chi connectivity index (χ0n) is 7.74. The Kier molecular flexibility index (Phi) is 2.18. The van der Waals surface area contributed by atoms with Gasteiger partial charge in [0.05, 0.1) is 6.10 Å². The monoisotopic (exact) mass is 192 g/mol. The first-order valence-corrected chi connectivity index (χ1v) is 5.13. The quantitative estimate of drug-likeness (QED) is 0.681. The van der Waals surface area contributed by atoms with Crippen LogP contribution in [0.4, 0.5) is 0 Å². The van der Waals surface area contributed by atoms with Gasteiger partial charge in [-0.1, -0.05) is 23.9 Å². The lowest BCUT2D eigenvalue weighted by Gasteiger charge is -2.19. The number of fused-ring (bicyclic) bond motifs is 1. The summed E-state index contributed by atoms with van der Waals surface area (Å²) in [4.78, 5) is 2.36. The van der Waals surface area contributed by atoms with Gasteiger partial charge in [0.15, 0.2) is 0 Å². The van der Waals surface area contributed by atoms with E-state index in [4.69, 9.17) is 0 Å². The minimum absolute atomic E-state index is 0.420. The molecule has 0 fully saturated rings. The predicted octanol–water partition coefficient (Wildman–Crippen LogP) is 3.04. The zero-order valence-corrected chi connectivity index (χ0v) is 8.56. The van der Waals surface area contributed by atoms with E-state index in [2.05, 4.69) is 13.0 Å². The summed E-state index contributed by atoms with van der Waals surface area (Å²) in [7, 11) is 0. The van der Waals surface area contributed by atoms with Gasteiger partial charge in [-0.2, -0.15) is 0 Å². The summed E-state index contributed by atoms with van der Waals surface area (Å²) in [5.41, 5.74) is 2.27. The standard InChI is InChI=1S/C11H12OS/c1-7-3-4-9-10(12)6-8(2)13-11(9)5-7/h3-6,10,12H,1-2H3. The Labute approximate surface area is 82.5 Å². The first-order chi connectivity index (χ1) is 6.16. The van der Waals surface area contributed by atoms with E-state index in [-0.39, 0.29) is 0 Å². The summed E-state index contributed by atoms with van der Waals surface area (Å²) in [6.45, 7) is 4.10. The van der Waals surface area contributed by atoms with E-state index in [0.29, 0.717) is 0 Å². The van der Waals surface area contributed by atoms with Gasteiger partial charge in [-0.25, -0.2) is 0 Å². The van der Waals surface area contributed by atoms with Crippen molar-refractivity contribution in [2.75, 3.05) is 0 Å². The van der Waals surface area contributed by atoms with Crippen LogP contribution in [0.5, 0.6) is 0 Å². The molecule has 1 aliphatic rings. The smallest absolute Gasteiger partial charge is 0.0993 e. The van der Waals surface area contributed by atoms with Crippen LogP contribution in [-0.4, -0.2) is 5.11 Å². The van der Waals surface area contributed by atoms with Crippen molar-refractivity contribution in [3.8, 4) is 0 Å². The molecule has 0 aliphatic carbocycles. The van der Waals surface area contributed by atoms with E-state index < -0.39 is 6.10 Å². The Morgan fingerprint density at radius 1 is 1.31 bits per heavy atom. The number of aliphatic hydroxyl groups is 1. The molecule has 0 saturated heterocycles. The fourth-order valence-corrected chi connectivity index (χ4v) is 2.59. The largest absolute Gasteiger partial charge is 0.384 e. The van der Waals surface area contributed by atoms with Crippen LogP contribution in [0.1, 0.15) is 24.2 Å². The van der Waals surface area contributed by atoms with Crippen LogP contribution in [0.2, 0.25) is 0 Å². The summed E-state index contributed by atoms with van der Waals surface area (Å²) in [5, 5.41) is 9.73. The molecule has 1 N–H and O–H groups in total. The van der Waals surface area contributed by atoms with Crippen LogP contribution < -0.4 is 0 Å². The average Bonchev–Trinajstić information content (AvgIpc) is 2.02. The molecule has 0 amide bonds. The number of aryl methyl sites for hydroxylation is 1. The molecular formula is C11H12OS. The van der Waals surface area contributed by atoms with Crippen molar-refractivity contribution in [2.45, 2.75) is 24.8 Å². The average molecular weight is 192 g/mol. The Hall–Kier alpha value is -0.730. The van der Waals surface area contributed by atoms with Crippen LogP contribution in [0.15, 0.2) is 34.1 Å². The summed E-state index contributed by atoms with van der Waals surface area (Å²) in [6, 6.07) is 6.17. The highest BCUT2D eigenvalue weighted by atomic mass is 32.2. The molecule has 68 valence electrons. The minimum Gasteiger partial charge on any atom is -0.384 e. The maximum absolute atomic E-state index is 9.73. The summed E-state index contributed by atoms with van der Waals surface area (Å²) >= 11 is 1.73. The Bertz CT molecular complexity index is 368. The van der Waals surface area contributed by atoms with Crippen LogP contribution in [0.3, 0.4) is 0 Å². The second-order valence-corrected chi connectivity index (χ2v) is 4.65. The van der Waals surface area contributed by atoms with Crippen LogP contribution in [0.25, 0.3) is 0 Å². The maximum atomic E-state index is 9.73. The maximum Gasteiger partial charge on any atom is 0.0993 e. The van der Waals surface area contributed by atoms with Gasteiger partial charge in [0.1, 0.15) is 0 Å². The molecule has 13 heavy (non-hydrogen) atoms. The van der Waals surface area contributed by atoms with Crippen molar-refractivity contribution >= 4 is 11.8 Å². The molecule has 2 rings (SSSR count). The lowest BCUT2D eigenvalue weighted by molar-refractivity contribution is 0.224. The van der Waals surface area contributed by atoms with E-state index >= 15 is 0 Å². The third kappa shape index (κ3) is 1.64. The zero-order chi connectivity index (χ0) is 9.42. The lowest BCUT2D eigenvalue weighted by Crippen LogP contribution is -2.00. The van der Waals surface area contributed by atoms with Crippen molar-refractivity contribution in [3.05, 3.63) is 40.3 Å². The van der Waals surface area contributed by atoms with Crippen molar-refractivity contribution in [2.24, 2.45) is 0 Å². The Morgan fingerprint density at radius 2 is 2.08 bits per heavy atom. The predicted molar refractivity (Wildman–Crippen MR) is 55.8 cm³/mol. The molecule has 1 aromatic rings. The van der Waals surface area contributed by atoms with E-state index in [0.717, 1.165) is 5.56 Å². The number of aliphatic hydroxyl groups excluding tert-OH is 1. The number of allylic oxidation sites excluding steroid dienone is 1. The molecule has 1 aromatic carbocycles. The molecule has 0 bridgehead atoms. The molecule has 1 nitrogen and oxygen atoms in total. The van der Waals surface area contributed by atoms with Crippen molar-refractivity contribution in [3.63, 3.8) is 0 Å². The number of benzene rings is 1. The number of rotatable bonds is 0. The summed E-state index contributed by atoms with van der Waals surface area (Å²) < 4.78 is 0. The Balaban J connectivity index is 2.50. The van der Waals surface area contributed by atoms with E-state index in [9.17, 15) is 5.11 Å². The van der Waals surface area contributed by atoms with Gasteiger partial charge in [-0.05, 0) is 42.0 Å². The van der Waals surface area contributed by atoms with Gasteiger partial charge < -0.3 is 5.11 Å². The third-order valence-electron chi connectivity index (χ3n) is 2.15. The fourth-order valence-electron chi connectivity index (χ4n) is 1.49. The van der Waals surface area contributed by atoms with Gasteiger partial charge in [-0.3, -0.25) is 0 Å². The molecule has 1 aliphatic heterocycles. The molecule has 1 unspecified atom stereocenters. The molecule has 0 radical (unpaired) electrons. The number of hydrogen-bond donors (Lipinski definition) is 1. The highest BCUT2D eigenvalue weighted by Gasteiger charge is 2.16. The second kappa shape index (κ2) is 3.20. The van der Waals surface area contributed by atoms with E-state index in [1.165, 1.54) is 15.4 Å². The van der Waals surface area contributed by atoms with E-state index in [1.54, 1.807) is 11.8 Å². The highest BCUT2D eigenvalue weighted by molar-refractivity contribution is 8.03. The molecule has 1 atom stereocenters. The van der Waals surface area contributed by atoms with Crippen LogP contribution in [-0.2, 0) is 0 Å². The van der Waals surface area contributed by atoms with Gasteiger partial charge in [0.2, 0.25) is 0 Å². The van der Waals surface area contributed by atoms with Gasteiger partial charge in [0.25, 0.3) is 0 Å². The van der Waals surface area contributed by atoms with Gasteiger partial charge >= 0.3 is 0 Å². The normalized spacial score (nSPS) is 20.8. The van der Waals surface area contributed by atoms with Crippen molar-refractivity contribution < 1.29 is 5.11 Å². The van der Waals surface area contributed by atoms with E-state index in [1.807, 2.05) is 25.1 Å². The number of hydrogen-bond acceptors (Lipinski definition) is 2. The first kappa shape index (κ1) is 8.85. The summed E-state index contributed by atoms with van der Waals surface area (Å²) in [5.74, 6) is 0. The molecule has 0 spiro atoms. The van der Waals surface area contributed by atoms with Gasteiger partial charge in [-0.15, -0.1) is 0 Å². The van der Waals surface area contributed by atoms with Crippen molar-refractivity contribution in [1.82, 2.24) is 0 Å². The summed E-state index contributed by atoms with van der Waals surface area (Å²) in [6.07, 6.45) is 1.47. The minimum atomic E-state index is -0.420. The van der Waals surface area contributed by atoms with Crippen LogP contribution in [0, 0.1) is 6.92 Å². The number of thioether (sulfide) groups is 1. The second-order valence-electron chi connectivity index (χ2n) is 3.37. The molecular weight excluding hydrogens is 180 g/mol. The lowest BCUT2D eigenvalue weighted by atomic mass is 10.1. The molecule has 1 heterocycles. The molecule has 0 aromatic heterocycles. The first-order valence-electron chi connectivity index (χ1n) is 4.32. The highest BCUT2D eigenvalue weighted by Crippen LogP contribution is 2.39. The molecule has 2 heteroatoms. The topological polar surface area (TPSA) is 20.2 Å². The third-order valence-corrected chi connectivity index (χ3v) is 3.18. The fraction of sp³-hybridized carbons (Fsp3) is 0.273. The van der Waals surface area contributed by atoms with Crippen LogP contribution >= 0.6 is 11.8 Å². The Morgan fingerprint density at radius 3 is 2.85 bits per heavy atom. The SMILES string of the molecule is CC1=CC(O)c2ccc(C)cc2S1. The van der Waals surface area contributed by atoms with Gasteiger partial charge in [0, 0.05) is 4.90 Å². The van der Waals surface area contributed by atoms with Crippen molar-refractivity contribution in [1.29, 1.82) is 0 Å².